The van der Waals surface area contributed by atoms with Crippen molar-refractivity contribution < 1.29 is 9.53 Å². The van der Waals surface area contributed by atoms with E-state index in [1.54, 1.807) is 11.0 Å². The average Bonchev–Trinajstić information content (AvgIpc) is 3.05. The summed E-state index contributed by atoms with van der Waals surface area (Å²) >= 11 is 0. The number of rotatable bonds is 4. The van der Waals surface area contributed by atoms with Crippen LogP contribution in [0.1, 0.15) is 16.9 Å². The van der Waals surface area contributed by atoms with Crippen molar-refractivity contribution in [3.05, 3.63) is 40.3 Å². The normalized spacial score (nSPS) is 16.8. The highest BCUT2D eigenvalue weighted by Gasteiger charge is 2.29. The number of ether oxygens (including phenoxy) is 1. The summed E-state index contributed by atoms with van der Waals surface area (Å²) in [6.07, 6.45) is 0.560. The summed E-state index contributed by atoms with van der Waals surface area (Å²) in [6.45, 7) is 1.01. The number of amides is 1. The lowest BCUT2D eigenvalue weighted by molar-refractivity contribution is 0.0762. The summed E-state index contributed by atoms with van der Waals surface area (Å²) in [4.78, 5) is 27.4. The maximum absolute atomic E-state index is 12.5. The summed E-state index contributed by atoms with van der Waals surface area (Å²) < 4.78 is 6.96. The first-order valence-electron chi connectivity index (χ1n) is 7.95. The smallest absolute Gasteiger partial charge is 0.274 e. The molecule has 1 aliphatic heterocycles. The van der Waals surface area contributed by atoms with E-state index in [0.717, 1.165) is 10.5 Å². The van der Waals surface area contributed by atoms with Gasteiger partial charge < -0.3 is 14.5 Å². The predicted octanol–water partition coefficient (Wildman–Crippen LogP) is -0.0702. The van der Waals surface area contributed by atoms with Gasteiger partial charge in [-0.15, -0.1) is 10.2 Å². The van der Waals surface area contributed by atoms with Gasteiger partial charge in [-0.25, -0.2) is 4.68 Å². The maximum Gasteiger partial charge on any atom is 0.274 e. The van der Waals surface area contributed by atoms with Crippen molar-refractivity contribution in [2.75, 3.05) is 32.1 Å². The number of aromatic nitrogens is 4. The first-order valence-corrected chi connectivity index (χ1v) is 7.95. The summed E-state index contributed by atoms with van der Waals surface area (Å²) in [5, 5.41) is 12.1. The van der Waals surface area contributed by atoms with Crippen LogP contribution in [0.3, 0.4) is 0 Å². The zero-order valence-corrected chi connectivity index (χ0v) is 14.4. The molecule has 3 heterocycles. The van der Waals surface area contributed by atoms with Gasteiger partial charge in [0.15, 0.2) is 5.82 Å². The Morgan fingerprint density at radius 3 is 2.68 bits per heavy atom. The van der Waals surface area contributed by atoms with Crippen molar-refractivity contribution >= 4 is 11.7 Å². The van der Waals surface area contributed by atoms with E-state index in [4.69, 9.17) is 4.74 Å². The molecule has 9 heteroatoms. The number of anilines is 1. The summed E-state index contributed by atoms with van der Waals surface area (Å²) in [6, 6.07) is 6.38. The molecule has 1 saturated heterocycles. The lowest BCUT2D eigenvalue weighted by Crippen LogP contribution is -2.33. The zero-order valence-electron chi connectivity index (χ0n) is 14.4. The van der Waals surface area contributed by atoms with Crippen LogP contribution in [0, 0.1) is 0 Å². The molecule has 1 atom stereocenters. The SMILES string of the molecule is CN(C)c1ccc(OC2CCN(C(=O)c3ccc(=O)n(C)n3)C2)nn1. The lowest BCUT2D eigenvalue weighted by Gasteiger charge is -2.17. The van der Waals surface area contributed by atoms with Crippen molar-refractivity contribution in [2.45, 2.75) is 12.5 Å². The Balaban J connectivity index is 1.62. The molecule has 1 aliphatic rings. The van der Waals surface area contributed by atoms with Gasteiger partial charge >= 0.3 is 0 Å². The van der Waals surface area contributed by atoms with Crippen molar-refractivity contribution in [1.29, 1.82) is 0 Å². The lowest BCUT2D eigenvalue weighted by atomic mass is 10.3. The highest BCUT2D eigenvalue weighted by molar-refractivity contribution is 5.92. The second-order valence-electron chi connectivity index (χ2n) is 6.08. The molecule has 132 valence electrons. The molecule has 0 spiro atoms. The zero-order chi connectivity index (χ0) is 18.0. The minimum atomic E-state index is -0.251. The molecule has 0 saturated carbocycles. The van der Waals surface area contributed by atoms with Crippen molar-refractivity contribution in [3.8, 4) is 5.88 Å². The van der Waals surface area contributed by atoms with Crippen molar-refractivity contribution in [2.24, 2.45) is 7.05 Å². The number of aryl methyl sites for hydroxylation is 1. The third kappa shape index (κ3) is 3.76. The molecule has 0 N–H and O–H groups in total. The van der Waals surface area contributed by atoms with Gasteiger partial charge in [-0.3, -0.25) is 9.59 Å². The number of likely N-dealkylation sites (tertiary alicyclic amines) is 1. The molecule has 2 aromatic rings. The average molecular weight is 344 g/mol. The molecule has 0 bridgehead atoms. The van der Waals surface area contributed by atoms with Gasteiger partial charge in [-0.05, 0) is 12.1 Å². The fourth-order valence-electron chi connectivity index (χ4n) is 2.57. The minimum absolute atomic E-state index is 0.143. The standard InChI is InChI=1S/C16H20N6O3/c1-20(2)13-5-6-14(18-17-13)25-11-8-9-22(10-11)16(24)12-4-7-15(23)21(3)19-12/h4-7,11H,8-10H2,1-3H3. The third-order valence-corrected chi connectivity index (χ3v) is 3.98. The first-order chi connectivity index (χ1) is 11.9. The highest BCUT2D eigenvalue weighted by Crippen LogP contribution is 2.18. The van der Waals surface area contributed by atoms with Gasteiger partial charge in [0.1, 0.15) is 11.8 Å². The Morgan fingerprint density at radius 2 is 2.04 bits per heavy atom. The van der Waals surface area contributed by atoms with Crippen LogP contribution in [0.2, 0.25) is 0 Å². The van der Waals surface area contributed by atoms with Gasteiger partial charge in [0, 0.05) is 46.2 Å². The molecule has 1 unspecified atom stereocenters. The van der Waals surface area contributed by atoms with Gasteiger partial charge in [-0.1, -0.05) is 0 Å². The number of carbonyl (C=O) groups is 1. The first kappa shape index (κ1) is 16.9. The van der Waals surface area contributed by atoms with Crippen molar-refractivity contribution in [3.63, 3.8) is 0 Å². The Kier molecular flexibility index (Phi) is 4.64. The van der Waals surface area contributed by atoms with Gasteiger partial charge in [-0.2, -0.15) is 5.10 Å². The van der Waals surface area contributed by atoms with Gasteiger partial charge in [0.2, 0.25) is 5.88 Å². The molecule has 0 aliphatic carbocycles. The van der Waals surface area contributed by atoms with E-state index >= 15 is 0 Å². The predicted molar refractivity (Wildman–Crippen MR) is 90.8 cm³/mol. The van der Waals surface area contributed by atoms with Gasteiger partial charge in [0.25, 0.3) is 11.5 Å². The molecule has 25 heavy (non-hydrogen) atoms. The molecule has 1 fully saturated rings. The fourth-order valence-corrected chi connectivity index (χ4v) is 2.57. The van der Waals surface area contributed by atoms with E-state index in [0.29, 0.717) is 25.4 Å². The van der Waals surface area contributed by atoms with Gasteiger partial charge in [0.05, 0.1) is 6.54 Å². The fraction of sp³-hybridized carbons (Fsp3) is 0.438. The molecular formula is C16H20N6O3. The van der Waals surface area contributed by atoms with E-state index in [9.17, 15) is 9.59 Å². The van der Waals surface area contributed by atoms with Crippen LogP contribution < -0.4 is 15.2 Å². The largest absolute Gasteiger partial charge is 0.471 e. The van der Waals surface area contributed by atoms with Crippen LogP contribution in [-0.2, 0) is 7.05 Å². The van der Waals surface area contributed by atoms with E-state index < -0.39 is 0 Å². The summed E-state index contributed by atoms with van der Waals surface area (Å²) in [7, 11) is 5.29. The quantitative estimate of drug-likeness (QED) is 0.766. The van der Waals surface area contributed by atoms with Crippen LogP contribution in [0.5, 0.6) is 5.88 Å². The van der Waals surface area contributed by atoms with E-state index in [-0.39, 0.29) is 23.3 Å². The van der Waals surface area contributed by atoms with Crippen LogP contribution in [0.25, 0.3) is 0 Å². The Morgan fingerprint density at radius 1 is 1.24 bits per heavy atom. The van der Waals surface area contributed by atoms with Crippen LogP contribution in [-0.4, -0.2) is 64.1 Å². The van der Waals surface area contributed by atoms with Crippen LogP contribution in [0.4, 0.5) is 5.82 Å². The van der Waals surface area contributed by atoms with E-state index in [1.165, 1.54) is 19.2 Å². The highest BCUT2D eigenvalue weighted by atomic mass is 16.5. The minimum Gasteiger partial charge on any atom is -0.471 e. The van der Waals surface area contributed by atoms with E-state index in [1.807, 2.05) is 25.1 Å². The molecule has 0 radical (unpaired) electrons. The second kappa shape index (κ2) is 6.88. The summed E-state index contributed by atoms with van der Waals surface area (Å²) in [5.74, 6) is 0.970. The van der Waals surface area contributed by atoms with E-state index in [2.05, 4.69) is 15.3 Å². The van der Waals surface area contributed by atoms with Crippen LogP contribution in [0.15, 0.2) is 29.1 Å². The third-order valence-electron chi connectivity index (χ3n) is 3.98. The number of hydrogen-bond acceptors (Lipinski definition) is 7. The summed E-state index contributed by atoms with van der Waals surface area (Å²) in [5.41, 5.74) is -0.00296. The van der Waals surface area contributed by atoms with Crippen molar-refractivity contribution in [1.82, 2.24) is 24.9 Å². The molecule has 1 amide bonds. The Labute approximate surface area is 144 Å². The number of carbonyl (C=O) groups excluding carboxylic acids is 1. The maximum atomic E-state index is 12.5. The monoisotopic (exact) mass is 344 g/mol. The Bertz CT molecular complexity index is 817. The number of hydrogen-bond donors (Lipinski definition) is 0. The Hall–Kier alpha value is -2.97. The topological polar surface area (TPSA) is 93.5 Å². The molecule has 3 rings (SSSR count). The molecule has 0 aromatic carbocycles. The van der Waals surface area contributed by atoms with Crippen LogP contribution >= 0.6 is 0 Å². The molecular weight excluding hydrogens is 324 g/mol. The number of nitrogens with zero attached hydrogens (tertiary/aromatic N) is 6. The molecule has 2 aromatic heterocycles. The second-order valence-corrected chi connectivity index (χ2v) is 6.08. The molecule has 9 nitrogen and oxygen atoms in total.